The Bertz CT molecular complexity index is 1670. The van der Waals surface area contributed by atoms with Crippen molar-refractivity contribution in [3.8, 4) is 28.6 Å². The summed E-state index contributed by atoms with van der Waals surface area (Å²) < 4.78 is 30.1. The molecule has 0 aliphatic rings. The quantitative estimate of drug-likeness (QED) is 0.257. The van der Waals surface area contributed by atoms with Crippen LogP contribution in [-0.2, 0) is 17.6 Å². The molecule has 0 radical (unpaired) electrons. The third-order valence-corrected chi connectivity index (χ3v) is 6.96. The first-order valence-electron chi connectivity index (χ1n) is 11.4. The molecule has 0 saturated heterocycles. The lowest BCUT2D eigenvalue weighted by molar-refractivity contribution is -0.107. The van der Waals surface area contributed by atoms with Gasteiger partial charge in [-0.25, -0.2) is 18.7 Å². The second kappa shape index (κ2) is 9.87. The minimum Gasteiger partial charge on any atom is -0.305 e. The van der Waals surface area contributed by atoms with Crippen LogP contribution >= 0.6 is 11.3 Å². The zero-order chi connectivity index (χ0) is 26.1. The third-order valence-electron chi connectivity index (χ3n) is 5.93. The Morgan fingerprint density at radius 3 is 2.54 bits per heavy atom. The van der Waals surface area contributed by atoms with Crippen molar-refractivity contribution >= 4 is 34.2 Å². The van der Waals surface area contributed by atoms with Gasteiger partial charge in [-0.2, -0.15) is 5.26 Å². The van der Waals surface area contributed by atoms with Crippen LogP contribution in [0.2, 0.25) is 0 Å². The maximum atomic E-state index is 14.9. The lowest BCUT2D eigenvalue weighted by atomic mass is 10.1. The Hall–Kier alpha value is -4.49. The number of aryl methyl sites for hydroxylation is 1. The van der Waals surface area contributed by atoms with E-state index in [-0.39, 0.29) is 17.9 Å². The summed E-state index contributed by atoms with van der Waals surface area (Å²) >= 11 is 1.22. The molecular formula is C27H20F2N6OS. The molecule has 0 atom stereocenters. The molecule has 0 N–H and O–H groups in total. The van der Waals surface area contributed by atoms with Crippen molar-refractivity contribution in [3.05, 3.63) is 82.6 Å². The standard InChI is InChI=1S/C27H20F2N6OS/c1-3-21-26(34(2)27-33-25(22(13-30)37-27)17-4-7-19(28)8-5-17)35-15-18(6-9-23(35)32-21)24-20(29)12-16(10-11-36)14-31-24/h4-9,11-12,14-15H,3,10H2,1-2H3. The second-order valence-corrected chi connectivity index (χ2v) is 9.26. The maximum Gasteiger partial charge on any atom is 0.192 e. The van der Waals surface area contributed by atoms with Gasteiger partial charge in [-0.05, 0) is 54.4 Å². The SMILES string of the molecule is CCc1nc2ccc(-c3ncc(CC=O)cc3F)cn2c1N(C)c1nc(-c2ccc(F)cc2)c(C#N)s1. The van der Waals surface area contributed by atoms with E-state index < -0.39 is 5.82 Å². The van der Waals surface area contributed by atoms with Crippen LogP contribution in [0.25, 0.3) is 28.2 Å². The molecule has 4 aromatic heterocycles. The topological polar surface area (TPSA) is 87.2 Å². The monoisotopic (exact) mass is 514 g/mol. The van der Waals surface area contributed by atoms with Gasteiger partial charge in [0, 0.05) is 37.0 Å². The van der Waals surface area contributed by atoms with Crippen molar-refractivity contribution in [3.63, 3.8) is 0 Å². The molecule has 0 bridgehead atoms. The van der Waals surface area contributed by atoms with E-state index >= 15 is 0 Å². The Kier molecular flexibility index (Phi) is 6.46. The average molecular weight is 515 g/mol. The van der Waals surface area contributed by atoms with Crippen LogP contribution in [0.4, 0.5) is 19.7 Å². The van der Waals surface area contributed by atoms with E-state index in [4.69, 9.17) is 9.97 Å². The number of aromatic nitrogens is 4. The van der Waals surface area contributed by atoms with Crippen LogP contribution < -0.4 is 4.90 Å². The van der Waals surface area contributed by atoms with Crippen LogP contribution in [-0.4, -0.2) is 32.7 Å². The molecule has 10 heteroatoms. The molecule has 0 saturated carbocycles. The Morgan fingerprint density at radius 2 is 1.86 bits per heavy atom. The van der Waals surface area contributed by atoms with Crippen molar-refractivity contribution in [2.75, 3.05) is 11.9 Å². The highest BCUT2D eigenvalue weighted by Gasteiger charge is 2.22. The first-order valence-corrected chi connectivity index (χ1v) is 12.2. The van der Waals surface area contributed by atoms with E-state index in [1.54, 1.807) is 30.5 Å². The smallest absolute Gasteiger partial charge is 0.192 e. The fourth-order valence-corrected chi connectivity index (χ4v) is 4.98. The van der Waals surface area contributed by atoms with Gasteiger partial charge in [0.05, 0.1) is 5.69 Å². The molecule has 5 rings (SSSR count). The zero-order valence-electron chi connectivity index (χ0n) is 19.9. The number of fused-ring (bicyclic) bond motifs is 1. The molecule has 0 unspecified atom stereocenters. The van der Waals surface area contributed by atoms with Gasteiger partial charge >= 0.3 is 0 Å². The molecule has 7 nitrogen and oxygen atoms in total. The number of nitriles is 1. The van der Waals surface area contributed by atoms with Crippen LogP contribution in [0, 0.1) is 23.0 Å². The first kappa shape index (κ1) is 24.2. The van der Waals surface area contributed by atoms with E-state index in [0.717, 1.165) is 11.5 Å². The Labute approximate surface area is 215 Å². The lowest BCUT2D eigenvalue weighted by Crippen LogP contribution is -2.13. The number of halogens is 2. The summed E-state index contributed by atoms with van der Waals surface area (Å²) in [6.07, 6.45) is 4.69. The van der Waals surface area contributed by atoms with E-state index in [2.05, 4.69) is 11.1 Å². The van der Waals surface area contributed by atoms with Crippen molar-refractivity contribution in [1.29, 1.82) is 5.26 Å². The molecule has 4 heterocycles. The summed E-state index contributed by atoms with van der Waals surface area (Å²) in [5.74, 6) is -0.165. The van der Waals surface area contributed by atoms with Crippen molar-refractivity contribution in [2.24, 2.45) is 0 Å². The highest BCUT2D eigenvalue weighted by molar-refractivity contribution is 7.16. The minimum atomic E-state index is -0.521. The van der Waals surface area contributed by atoms with Crippen LogP contribution in [0.15, 0.2) is 54.9 Å². The maximum absolute atomic E-state index is 14.9. The summed E-state index contributed by atoms with van der Waals surface area (Å²) in [6, 6.07) is 12.9. The number of anilines is 2. The van der Waals surface area contributed by atoms with Crippen molar-refractivity contribution < 1.29 is 13.6 Å². The molecule has 184 valence electrons. The van der Waals surface area contributed by atoms with Crippen LogP contribution in [0.1, 0.15) is 23.1 Å². The van der Waals surface area contributed by atoms with Gasteiger partial charge in [-0.1, -0.05) is 18.3 Å². The van der Waals surface area contributed by atoms with Crippen LogP contribution in [0.3, 0.4) is 0 Å². The van der Waals surface area contributed by atoms with E-state index in [9.17, 15) is 18.8 Å². The highest BCUT2D eigenvalue weighted by Crippen LogP contribution is 2.37. The number of carbonyl (C=O) groups is 1. The first-order chi connectivity index (χ1) is 17.9. The molecule has 0 aliphatic heterocycles. The van der Waals surface area contributed by atoms with Gasteiger partial charge in [0.2, 0.25) is 0 Å². The number of nitrogens with zero attached hydrogens (tertiary/aromatic N) is 6. The average Bonchev–Trinajstić information content (AvgIpc) is 3.50. The minimum absolute atomic E-state index is 0.0952. The normalized spacial score (nSPS) is 11.0. The summed E-state index contributed by atoms with van der Waals surface area (Å²) in [5, 5.41) is 10.3. The number of carbonyl (C=O) groups excluding carboxylic acids is 1. The van der Waals surface area contributed by atoms with E-state index in [0.29, 0.717) is 50.7 Å². The fraction of sp³-hybridized carbons (Fsp3) is 0.148. The number of benzene rings is 1. The summed E-state index contributed by atoms with van der Waals surface area (Å²) in [4.78, 5) is 26.7. The van der Waals surface area contributed by atoms with Gasteiger partial charge in [0.15, 0.2) is 5.13 Å². The number of hydrogen-bond donors (Lipinski definition) is 0. The number of imidazole rings is 1. The molecular weight excluding hydrogens is 494 g/mol. The molecule has 37 heavy (non-hydrogen) atoms. The van der Waals surface area contributed by atoms with Gasteiger partial charge in [0.25, 0.3) is 0 Å². The highest BCUT2D eigenvalue weighted by atomic mass is 32.1. The van der Waals surface area contributed by atoms with Gasteiger partial charge in [-0.15, -0.1) is 0 Å². The molecule has 1 aromatic carbocycles. The van der Waals surface area contributed by atoms with Gasteiger partial charge < -0.3 is 9.69 Å². The summed E-state index contributed by atoms with van der Waals surface area (Å²) in [6.45, 7) is 1.99. The number of aldehydes is 1. The van der Waals surface area contributed by atoms with Crippen molar-refractivity contribution in [2.45, 2.75) is 19.8 Å². The molecule has 0 aliphatic carbocycles. The number of hydrogen-bond acceptors (Lipinski definition) is 7. The number of rotatable bonds is 7. The molecule has 5 aromatic rings. The van der Waals surface area contributed by atoms with Crippen LogP contribution in [0.5, 0.6) is 0 Å². The van der Waals surface area contributed by atoms with E-state index in [1.807, 2.05) is 23.3 Å². The molecule has 0 spiro atoms. The Balaban J connectivity index is 1.60. The Morgan fingerprint density at radius 1 is 1.11 bits per heavy atom. The predicted molar refractivity (Wildman–Crippen MR) is 138 cm³/mol. The van der Waals surface area contributed by atoms with E-state index in [1.165, 1.54) is 35.7 Å². The largest absolute Gasteiger partial charge is 0.305 e. The summed E-state index contributed by atoms with van der Waals surface area (Å²) in [5.41, 5.74) is 3.79. The van der Waals surface area contributed by atoms with Gasteiger partial charge in [0.1, 0.15) is 51.7 Å². The van der Waals surface area contributed by atoms with Gasteiger partial charge in [-0.3, -0.25) is 9.38 Å². The van der Waals surface area contributed by atoms with Crippen molar-refractivity contribution in [1.82, 2.24) is 19.4 Å². The lowest BCUT2D eigenvalue weighted by Gasteiger charge is -2.17. The molecule has 0 fully saturated rings. The number of thiazole rings is 1. The zero-order valence-corrected chi connectivity index (χ0v) is 20.8. The second-order valence-electron chi connectivity index (χ2n) is 8.28. The third kappa shape index (κ3) is 4.45. The predicted octanol–water partition coefficient (Wildman–Crippen LogP) is 5.74. The number of pyridine rings is 2. The summed E-state index contributed by atoms with van der Waals surface area (Å²) in [7, 11) is 1.83. The fourth-order valence-electron chi connectivity index (χ4n) is 4.13. The molecule has 0 amide bonds.